The van der Waals surface area contributed by atoms with E-state index in [0.29, 0.717) is 34.0 Å². The van der Waals surface area contributed by atoms with Crippen LogP contribution in [-0.4, -0.2) is 25.6 Å². The summed E-state index contributed by atoms with van der Waals surface area (Å²) < 4.78 is 7.06. The highest BCUT2D eigenvalue weighted by atomic mass is 35.5. The second-order valence-electron chi connectivity index (χ2n) is 8.02. The van der Waals surface area contributed by atoms with E-state index < -0.39 is 0 Å². The maximum absolute atomic E-state index is 13.3. The summed E-state index contributed by atoms with van der Waals surface area (Å²) in [6, 6.07) is 20.0. The zero-order valence-corrected chi connectivity index (χ0v) is 19.5. The molecule has 9 heteroatoms. The van der Waals surface area contributed by atoms with Crippen LogP contribution in [0, 0.1) is 6.92 Å². The van der Waals surface area contributed by atoms with Gasteiger partial charge >= 0.3 is 0 Å². The summed E-state index contributed by atoms with van der Waals surface area (Å²) in [6.07, 6.45) is 1.54. The van der Waals surface area contributed by atoms with Gasteiger partial charge in [0.25, 0.3) is 5.89 Å². The van der Waals surface area contributed by atoms with Crippen molar-refractivity contribution in [1.82, 2.24) is 25.0 Å². The maximum Gasteiger partial charge on any atom is 0.263 e. The number of nitrogens with zero attached hydrogens (tertiary/aromatic N) is 4. The number of amides is 1. The standard InChI is InChI=1S/C26H20ClN5O3/c1-16-7-12-20-23(34)21(26-30-24(31-35-26)18-8-10-19(27)11-9-18)14-32(25(20)29-16)15-22(33)28-13-17-5-3-2-4-6-17/h2-12,14H,13,15H2,1H3,(H,28,33). The Morgan fingerprint density at radius 3 is 2.57 bits per heavy atom. The van der Waals surface area contributed by atoms with Gasteiger partial charge in [0.1, 0.15) is 17.8 Å². The lowest BCUT2D eigenvalue weighted by Crippen LogP contribution is -2.28. The molecule has 0 fully saturated rings. The predicted octanol–water partition coefficient (Wildman–Crippen LogP) is 4.39. The minimum atomic E-state index is -0.306. The van der Waals surface area contributed by atoms with Gasteiger partial charge in [0.2, 0.25) is 17.2 Å². The molecule has 0 bridgehead atoms. The van der Waals surface area contributed by atoms with E-state index in [0.717, 1.165) is 11.3 Å². The van der Waals surface area contributed by atoms with Crippen LogP contribution in [-0.2, 0) is 17.9 Å². The van der Waals surface area contributed by atoms with Gasteiger partial charge in [-0.05, 0) is 48.9 Å². The summed E-state index contributed by atoms with van der Waals surface area (Å²) in [7, 11) is 0. The Morgan fingerprint density at radius 1 is 1.03 bits per heavy atom. The fourth-order valence-corrected chi connectivity index (χ4v) is 3.81. The maximum atomic E-state index is 13.3. The molecule has 0 atom stereocenters. The number of nitrogens with one attached hydrogen (secondary N) is 1. The quantitative estimate of drug-likeness (QED) is 0.382. The van der Waals surface area contributed by atoms with Gasteiger partial charge in [-0.15, -0.1) is 0 Å². The van der Waals surface area contributed by atoms with Crippen LogP contribution in [0.25, 0.3) is 33.9 Å². The van der Waals surface area contributed by atoms with E-state index in [1.807, 2.05) is 37.3 Å². The first-order valence-corrected chi connectivity index (χ1v) is 11.3. The average Bonchev–Trinajstić information content (AvgIpc) is 3.35. The summed E-state index contributed by atoms with van der Waals surface area (Å²) in [5, 5.41) is 7.86. The molecule has 0 aliphatic heterocycles. The molecule has 1 amide bonds. The van der Waals surface area contributed by atoms with Gasteiger partial charge in [0.05, 0.1) is 5.39 Å². The van der Waals surface area contributed by atoms with E-state index in [1.54, 1.807) is 47.2 Å². The molecule has 5 aromatic rings. The van der Waals surface area contributed by atoms with Gasteiger partial charge in [0.15, 0.2) is 0 Å². The lowest BCUT2D eigenvalue weighted by atomic mass is 10.1. The monoisotopic (exact) mass is 485 g/mol. The Hall–Kier alpha value is -4.30. The van der Waals surface area contributed by atoms with Crippen molar-refractivity contribution in [1.29, 1.82) is 0 Å². The zero-order chi connectivity index (χ0) is 24.4. The molecule has 0 spiro atoms. The molecule has 2 aromatic carbocycles. The Labute approximate surface area is 205 Å². The summed E-state index contributed by atoms with van der Waals surface area (Å²) >= 11 is 5.96. The van der Waals surface area contributed by atoms with Gasteiger partial charge in [-0.1, -0.05) is 47.1 Å². The van der Waals surface area contributed by atoms with Gasteiger partial charge < -0.3 is 14.4 Å². The molecule has 8 nitrogen and oxygen atoms in total. The van der Waals surface area contributed by atoms with Gasteiger partial charge in [-0.25, -0.2) is 4.98 Å². The van der Waals surface area contributed by atoms with Crippen LogP contribution in [0.3, 0.4) is 0 Å². The molecule has 0 radical (unpaired) electrons. The molecule has 174 valence electrons. The zero-order valence-electron chi connectivity index (χ0n) is 18.7. The first kappa shape index (κ1) is 22.5. The van der Waals surface area contributed by atoms with Crippen molar-refractivity contribution in [3.8, 4) is 22.8 Å². The van der Waals surface area contributed by atoms with E-state index in [4.69, 9.17) is 16.1 Å². The minimum Gasteiger partial charge on any atom is -0.350 e. The van der Waals surface area contributed by atoms with E-state index in [9.17, 15) is 9.59 Å². The Bertz CT molecular complexity index is 1580. The van der Waals surface area contributed by atoms with E-state index in [-0.39, 0.29) is 29.3 Å². The summed E-state index contributed by atoms with van der Waals surface area (Å²) in [4.78, 5) is 35.0. The number of aryl methyl sites for hydroxylation is 1. The Balaban J connectivity index is 1.50. The number of benzene rings is 2. The lowest BCUT2D eigenvalue weighted by molar-refractivity contribution is -0.121. The second-order valence-corrected chi connectivity index (χ2v) is 8.45. The third-order valence-electron chi connectivity index (χ3n) is 5.47. The molecular formula is C26H20ClN5O3. The molecule has 3 aromatic heterocycles. The highest BCUT2D eigenvalue weighted by Gasteiger charge is 2.19. The number of carbonyl (C=O) groups excluding carboxylic acids is 1. The van der Waals surface area contributed by atoms with Gasteiger partial charge in [0, 0.05) is 29.0 Å². The molecular weight excluding hydrogens is 466 g/mol. The summed E-state index contributed by atoms with van der Waals surface area (Å²) in [5.74, 6) is 0.159. The van der Waals surface area contributed by atoms with E-state index in [1.165, 1.54) is 0 Å². The smallest absolute Gasteiger partial charge is 0.263 e. The van der Waals surface area contributed by atoms with Crippen LogP contribution < -0.4 is 10.7 Å². The Kier molecular flexibility index (Phi) is 6.12. The second kappa shape index (κ2) is 9.52. The fourth-order valence-electron chi connectivity index (χ4n) is 3.69. The molecule has 1 N–H and O–H groups in total. The van der Waals surface area contributed by atoms with Crippen LogP contribution in [0.1, 0.15) is 11.3 Å². The third kappa shape index (κ3) is 4.83. The van der Waals surface area contributed by atoms with Crippen LogP contribution in [0.5, 0.6) is 0 Å². The summed E-state index contributed by atoms with van der Waals surface area (Å²) in [5.41, 5.74) is 2.70. The number of halogens is 1. The normalized spacial score (nSPS) is 11.0. The van der Waals surface area contributed by atoms with Crippen molar-refractivity contribution >= 4 is 28.5 Å². The van der Waals surface area contributed by atoms with Crippen molar-refractivity contribution in [2.24, 2.45) is 0 Å². The highest BCUT2D eigenvalue weighted by molar-refractivity contribution is 6.30. The molecule has 35 heavy (non-hydrogen) atoms. The van der Waals surface area contributed by atoms with Gasteiger partial charge in [-0.3, -0.25) is 9.59 Å². The number of aromatic nitrogens is 4. The largest absolute Gasteiger partial charge is 0.350 e. The number of hydrogen-bond acceptors (Lipinski definition) is 6. The molecule has 0 saturated carbocycles. The van der Waals surface area contributed by atoms with Crippen LogP contribution in [0.4, 0.5) is 0 Å². The topological polar surface area (TPSA) is 103 Å². The highest BCUT2D eigenvalue weighted by Crippen LogP contribution is 2.23. The molecule has 5 rings (SSSR count). The van der Waals surface area contributed by atoms with Crippen LogP contribution >= 0.6 is 11.6 Å². The van der Waals surface area contributed by atoms with Gasteiger partial charge in [-0.2, -0.15) is 4.98 Å². The Morgan fingerprint density at radius 2 is 1.80 bits per heavy atom. The van der Waals surface area contributed by atoms with Crippen molar-refractivity contribution in [2.75, 3.05) is 0 Å². The summed E-state index contributed by atoms with van der Waals surface area (Å²) in [6.45, 7) is 2.19. The van der Waals surface area contributed by atoms with Crippen molar-refractivity contribution in [2.45, 2.75) is 20.0 Å². The van der Waals surface area contributed by atoms with E-state index in [2.05, 4.69) is 20.4 Å². The van der Waals surface area contributed by atoms with Crippen LogP contribution in [0.15, 0.2) is 82.2 Å². The molecule has 0 unspecified atom stereocenters. The molecule has 0 saturated heterocycles. The average molecular weight is 486 g/mol. The minimum absolute atomic E-state index is 0.0365. The number of rotatable bonds is 6. The van der Waals surface area contributed by atoms with Crippen molar-refractivity contribution in [3.63, 3.8) is 0 Å². The fraction of sp³-hybridized carbons (Fsp3) is 0.115. The number of fused-ring (bicyclic) bond motifs is 1. The SMILES string of the molecule is Cc1ccc2c(=O)c(-c3nc(-c4ccc(Cl)cc4)no3)cn(CC(=O)NCc3ccccc3)c2n1. The van der Waals surface area contributed by atoms with Crippen molar-refractivity contribution in [3.05, 3.63) is 99.4 Å². The number of pyridine rings is 2. The van der Waals surface area contributed by atoms with Crippen LogP contribution in [0.2, 0.25) is 5.02 Å². The van der Waals surface area contributed by atoms with E-state index >= 15 is 0 Å². The lowest BCUT2D eigenvalue weighted by Gasteiger charge is -2.12. The predicted molar refractivity (Wildman–Crippen MR) is 133 cm³/mol. The molecule has 0 aliphatic carbocycles. The number of hydrogen-bond donors (Lipinski definition) is 1. The third-order valence-corrected chi connectivity index (χ3v) is 5.72. The molecule has 3 heterocycles. The number of carbonyl (C=O) groups is 1. The van der Waals surface area contributed by atoms with Crippen molar-refractivity contribution < 1.29 is 9.32 Å². The molecule has 0 aliphatic rings. The first-order valence-electron chi connectivity index (χ1n) is 10.9. The first-order chi connectivity index (χ1) is 17.0.